The van der Waals surface area contributed by atoms with E-state index < -0.39 is 0 Å². The van der Waals surface area contributed by atoms with E-state index in [9.17, 15) is 0 Å². The molecular weight excluding hydrogens is 206 g/mol. The molecule has 83 valence electrons. The molecule has 0 aliphatic heterocycles. The molecular formula is C16H14N. The third kappa shape index (κ3) is 1.39. The molecule has 0 aliphatic carbocycles. The van der Waals surface area contributed by atoms with Crippen LogP contribution in [-0.2, 0) is 6.54 Å². The third-order valence-corrected chi connectivity index (χ3v) is 3.31. The number of hydrogen-bond donors (Lipinski definition) is 0. The minimum Gasteiger partial charge on any atom is -0.341 e. The summed E-state index contributed by atoms with van der Waals surface area (Å²) in [4.78, 5) is 0. The van der Waals surface area contributed by atoms with Crippen LogP contribution >= 0.6 is 0 Å². The largest absolute Gasteiger partial charge is 0.341 e. The fourth-order valence-electron chi connectivity index (χ4n) is 2.52. The fourth-order valence-corrected chi connectivity index (χ4v) is 2.52. The first kappa shape index (κ1) is 10.2. The van der Waals surface area contributed by atoms with Crippen molar-refractivity contribution in [2.45, 2.75) is 13.5 Å². The molecule has 2 aromatic carbocycles. The van der Waals surface area contributed by atoms with Gasteiger partial charge < -0.3 is 4.57 Å². The van der Waals surface area contributed by atoms with E-state index in [1.165, 1.54) is 21.8 Å². The summed E-state index contributed by atoms with van der Waals surface area (Å²) in [5, 5.41) is 2.58. The first-order chi connectivity index (χ1) is 8.35. The molecule has 0 atom stereocenters. The molecule has 0 N–H and O–H groups in total. The first-order valence-corrected chi connectivity index (χ1v) is 5.91. The summed E-state index contributed by atoms with van der Waals surface area (Å²) in [5.74, 6) is 0. The van der Waals surface area contributed by atoms with Gasteiger partial charge in [0.1, 0.15) is 0 Å². The minimum absolute atomic E-state index is 0.982. The van der Waals surface area contributed by atoms with Gasteiger partial charge in [0.2, 0.25) is 0 Å². The van der Waals surface area contributed by atoms with Crippen LogP contribution in [0.4, 0.5) is 0 Å². The minimum atomic E-state index is 0.982. The summed E-state index contributed by atoms with van der Waals surface area (Å²) < 4.78 is 2.34. The van der Waals surface area contributed by atoms with Crippen molar-refractivity contribution in [3.8, 4) is 0 Å². The quantitative estimate of drug-likeness (QED) is 0.608. The second kappa shape index (κ2) is 3.77. The van der Waals surface area contributed by atoms with E-state index in [2.05, 4.69) is 54.0 Å². The van der Waals surface area contributed by atoms with Gasteiger partial charge >= 0.3 is 0 Å². The summed E-state index contributed by atoms with van der Waals surface area (Å²) >= 11 is 0. The number of nitrogens with zero attached hydrogens (tertiary/aromatic N) is 1. The molecule has 0 fully saturated rings. The van der Waals surface area contributed by atoms with E-state index >= 15 is 0 Å². The van der Waals surface area contributed by atoms with Crippen molar-refractivity contribution >= 4 is 27.9 Å². The smallest absolute Gasteiger partial charge is 0.0491 e. The van der Waals surface area contributed by atoms with Crippen LogP contribution in [0.15, 0.2) is 42.5 Å². The second-order valence-electron chi connectivity index (χ2n) is 4.20. The van der Waals surface area contributed by atoms with E-state index in [-0.39, 0.29) is 0 Å². The molecule has 0 aliphatic rings. The number of aryl methyl sites for hydroxylation is 1. The summed E-state index contributed by atoms with van der Waals surface area (Å²) in [6.07, 6.45) is 1.65. The maximum Gasteiger partial charge on any atom is 0.0491 e. The second-order valence-corrected chi connectivity index (χ2v) is 4.20. The molecule has 3 aromatic rings. The number of para-hydroxylation sites is 1. The van der Waals surface area contributed by atoms with Crippen molar-refractivity contribution in [2.75, 3.05) is 0 Å². The van der Waals surface area contributed by atoms with Crippen LogP contribution < -0.4 is 0 Å². The van der Waals surface area contributed by atoms with Gasteiger partial charge in [0.15, 0.2) is 0 Å². The number of aromatic nitrogens is 1. The number of hydrogen-bond acceptors (Lipinski definition) is 0. The summed E-state index contributed by atoms with van der Waals surface area (Å²) in [6.45, 7) is 8.75. The third-order valence-electron chi connectivity index (χ3n) is 3.31. The Kier molecular flexibility index (Phi) is 2.25. The highest BCUT2D eigenvalue weighted by Gasteiger charge is 2.08. The predicted molar refractivity (Wildman–Crippen MR) is 73.9 cm³/mol. The Morgan fingerprint density at radius 1 is 1.06 bits per heavy atom. The number of fused-ring (bicyclic) bond motifs is 3. The van der Waals surface area contributed by atoms with Crippen molar-refractivity contribution in [1.29, 1.82) is 0 Å². The maximum absolute atomic E-state index is 5.59. The lowest BCUT2D eigenvalue weighted by molar-refractivity contribution is 0.827. The summed E-state index contributed by atoms with van der Waals surface area (Å²) in [7, 11) is 0. The van der Waals surface area contributed by atoms with Gasteiger partial charge in [0.25, 0.3) is 0 Å². The standard InChI is InChI=1S/C16H14N/c1-3-12-9-10-16-14(11-12)13-7-5-6-8-15(13)17(16)4-2/h1,3,5-11H,4H2,2H3. The van der Waals surface area contributed by atoms with Crippen molar-refractivity contribution in [1.82, 2.24) is 4.57 Å². The van der Waals surface area contributed by atoms with Gasteiger partial charge in [-0.05, 0) is 30.7 Å². The Morgan fingerprint density at radius 3 is 2.59 bits per heavy atom. The fraction of sp³-hybridized carbons (Fsp3) is 0.125. The molecule has 1 aromatic heterocycles. The van der Waals surface area contributed by atoms with Gasteiger partial charge in [-0.25, -0.2) is 0 Å². The summed E-state index contributed by atoms with van der Waals surface area (Å²) in [5.41, 5.74) is 3.63. The van der Waals surface area contributed by atoms with Crippen LogP contribution in [0.3, 0.4) is 0 Å². The Labute approximate surface area is 101 Å². The average molecular weight is 220 g/mol. The molecule has 0 unspecified atom stereocenters. The molecule has 0 amide bonds. The van der Waals surface area contributed by atoms with Crippen LogP contribution in [0.5, 0.6) is 0 Å². The molecule has 1 heterocycles. The van der Waals surface area contributed by atoms with Gasteiger partial charge in [-0.2, -0.15) is 0 Å². The zero-order chi connectivity index (χ0) is 11.8. The molecule has 1 heteroatoms. The SMILES string of the molecule is [CH]=Cc1ccc2c(c1)c1ccccc1n2CC. The van der Waals surface area contributed by atoms with Crippen molar-refractivity contribution in [3.63, 3.8) is 0 Å². The monoisotopic (exact) mass is 220 g/mol. The first-order valence-electron chi connectivity index (χ1n) is 5.91. The molecule has 0 spiro atoms. The van der Waals surface area contributed by atoms with Gasteiger partial charge in [0, 0.05) is 28.4 Å². The van der Waals surface area contributed by atoms with Crippen molar-refractivity contribution in [2.24, 2.45) is 0 Å². The van der Waals surface area contributed by atoms with E-state index in [0.29, 0.717) is 0 Å². The predicted octanol–water partition coefficient (Wildman–Crippen LogP) is 4.26. The Hall–Kier alpha value is -2.02. The average Bonchev–Trinajstić information content (AvgIpc) is 2.71. The van der Waals surface area contributed by atoms with Crippen LogP contribution in [0.25, 0.3) is 27.9 Å². The highest BCUT2D eigenvalue weighted by molar-refractivity contribution is 6.08. The van der Waals surface area contributed by atoms with E-state index in [1.54, 1.807) is 6.08 Å². The number of benzene rings is 2. The van der Waals surface area contributed by atoms with Gasteiger partial charge in [-0.3, -0.25) is 0 Å². The van der Waals surface area contributed by atoms with Gasteiger partial charge in [-0.15, -0.1) is 0 Å². The lowest BCUT2D eigenvalue weighted by atomic mass is 10.1. The normalized spacial score (nSPS) is 11.1. The van der Waals surface area contributed by atoms with E-state index in [4.69, 9.17) is 6.58 Å². The molecule has 3 rings (SSSR count). The Bertz CT molecular complexity index is 704. The topological polar surface area (TPSA) is 4.93 Å². The summed E-state index contributed by atoms with van der Waals surface area (Å²) in [6, 6.07) is 14.9. The van der Waals surface area contributed by atoms with Crippen molar-refractivity contribution < 1.29 is 0 Å². The zero-order valence-corrected chi connectivity index (χ0v) is 9.85. The van der Waals surface area contributed by atoms with Crippen LogP contribution in [0, 0.1) is 6.58 Å². The van der Waals surface area contributed by atoms with Crippen LogP contribution in [-0.4, -0.2) is 4.57 Å². The van der Waals surface area contributed by atoms with Crippen molar-refractivity contribution in [3.05, 3.63) is 54.6 Å². The lowest BCUT2D eigenvalue weighted by Crippen LogP contribution is -1.92. The lowest BCUT2D eigenvalue weighted by Gasteiger charge is -2.02. The zero-order valence-electron chi connectivity index (χ0n) is 9.85. The Balaban J connectivity index is 2.53. The molecule has 1 nitrogen and oxygen atoms in total. The van der Waals surface area contributed by atoms with Gasteiger partial charge in [-0.1, -0.05) is 36.9 Å². The van der Waals surface area contributed by atoms with E-state index in [0.717, 1.165) is 12.1 Å². The molecule has 17 heavy (non-hydrogen) atoms. The molecule has 1 radical (unpaired) electrons. The highest BCUT2D eigenvalue weighted by atomic mass is 15.0. The van der Waals surface area contributed by atoms with E-state index in [1.807, 2.05) is 0 Å². The van der Waals surface area contributed by atoms with Crippen LogP contribution in [0.1, 0.15) is 12.5 Å². The van der Waals surface area contributed by atoms with Crippen LogP contribution in [0.2, 0.25) is 0 Å². The molecule has 0 saturated heterocycles. The maximum atomic E-state index is 5.59. The highest BCUT2D eigenvalue weighted by Crippen LogP contribution is 2.29. The molecule has 0 bridgehead atoms. The Morgan fingerprint density at radius 2 is 1.82 bits per heavy atom. The number of rotatable bonds is 2. The van der Waals surface area contributed by atoms with Gasteiger partial charge in [0.05, 0.1) is 0 Å². The molecule has 0 saturated carbocycles.